The van der Waals surface area contributed by atoms with E-state index in [2.05, 4.69) is 31.9 Å². The first-order valence-corrected chi connectivity index (χ1v) is 32.0. The molecule has 7 N–H and O–H groups in total. The maximum atomic E-state index is 13.7. The third kappa shape index (κ3) is 20.5. The zero-order chi connectivity index (χ0) is 63.4. The third-order valence-electron chi connectivity index (χ3n) is 12.4. The van der Waals surface area contributed by atoms with Crippen LogP contribution in [0.25, 0.3) is 21.5 Å². The van der Waals surface area contributed by atoms with Gasteiger partial charge in [-0.25, -0.2) is 46.9 Å². The molecule has 0 unspecified atom stereocenters. The number of urea groups is 1. The molecule has 6 amide bonds. The molecule has 0 saturated carbocycles. The summed E-state index contributed by atoms with van der Waals surface area (Å²) < 4.78 is 216. The molecule has 0 spiro atoms. The minimum atomic E-state index is -5.75. The van der Waals surface area contributed by atoms with Crippen LogP contribution in [0.2, 0.25) is 0 Å². The van der Waals surface area contributed by atoms with Crippen LogP contribution in [0.3, 0.4) is 0 Å². The Morgan fingerprint density at radius 2 is 0.652 bits per heavy atom. The second-order valence-corrected chi connectivity index (χ2v) is 26.5. The Bertz CT molecular complexity index is 4740. The van der Waals surface area contributed by atoms with Crippen molar-refractivity contribution in [3.63, 3.8) is 0 Å². The summed E-state index contributed by atoms with van der Waals surface area (Å²) in [6, 6.07) is 21.5. The van der Waals surface area contributed by atoms with E-state index in [4.69, 9.17) is 0 Å². The van der Waals surface area contributed by atoms with E-state index in [1.165, 1.54) is 91.9 Å². The van der Waals surface area contributed by atoms with E-state index in [9.17, 15) is 102 Å². The Hall–Kier alpha value is -3.11. The Labute approximate surface area is 657 Å². The van der Waals surface area contributed by atoms with Crippen LogP contribution in [-0.4, -0.2) is 107 Å². The van der Waals surface area contributed by atoms with Gasteiger partial charge >= 0.3 is 183 Å². The monoisotopic (exact) mass is 1430 g/mol. The molecule has 0 saturated heterocycles. The van der Waals surface area contributed by atoms with Crippen LogP contribution in [0, 0.1) is 13.8 Å². The van der Waals surface area contributed by atoms with Gasteiger partial charge in [-0.2, -0.15) is 8.42 Å². The minimum absolute atomic E-state index is 0. The molecule has 92 heavy (non-hydrogen) atoms. The molecule has 0 radical (unpaired) electrons. The van der Waals surface area contributed by atoms with E-state index < -0.39 is 153 Å². The number of hydrogen-bond acceptors (Lipinski definition) is 22. The number of aryl methyl sites for hydroxylation is 2. The number of nitrogens with one attached hydrogen (secondary N) is 6. The van der Waals surface area contributed by atoms with Gasteiger partial charge in [-0.05, 0) is 134 Å². The number of benzene rings is 8. The minimum Gasteiger partial charge on any atom is -0.744 e. The average Bonchev–Trinajstić information content (AvgIpc) is 0.753. The molecular weight excluding hydrogens is 1390 g/mol. The molecule has 0 atom stereocenters. The van der Waals surface area contributed by atoms with Gasteiger partial charge in [0.2, 0.25) is 0 Å². The van der Waals surface area contributed by atoms with E-state index in [0.717, 1.165) is 12.1 Å². The van der Waals surface area contributed by atoms with Gasteiger partial charge in [0.05, 0.1) is 40.7 Å². The van der Waals surface area contributed by atoms with Crippen molar-refractivity contribution in [3.8, 4) is 0 Å². The molecule has 0 aliphatic rings. The number of rotatable bonds is 16. The Morgan fingerprint density at radius 3 is 0.978 bits per heavy atom. The summed E-state index contributed by atoms with van der Waals surface area (Å²) in [5.74, 6) is -3.69. The number of hydrogen-bond donors (Lipinski definition) is 7. The standard InChI is InChI=1S/C51H40N6O23S6.6Na/c1-25-9-11-29(49(60)54-37-13-15-41(83(69,70)71)35-21-33(81(63,64)65)23-43(45(35)37)85(75,76)77)19-39(25)56-47(58)27-5-3-7-31(17-27)52-51(62)53-32-8-4-6-28(18-32)48(59)57-40-20-30(12-10-26(40)2)50(61)55-38-14-16-42(84(72,73)74)36-22-34(82(66,67)68)24-44(46(36)38)86(78,79)80;;;;;;/h3-24H,1-2H3,(H,54,60)(H,55,61)(H,56,58)(H,57,59)(H2,52,53,62)(H,63,64,65)(H,66,67,68)(H,69,70,71)(H,72,73,74)(H,75,76,77)(H,78,79,80);;;;;;/q;6*+1/p-5. The normalized spacial score (nSPS) is 11.5. The maximum Gasteiger partial charge on any atom is 1.00 e. The SMILES string of the molecule is Cc1ccc(C(=O)Nc2ccc(S(=O)(=O)[O-])c3cc(S(=O)(=O)[O-])cc(S(=O)(=O)[O-])c23)cc1NC(=O)c1cccc(NC(=O)Nc2cccc(C(=O)Nc3cc(C(=O)Nc4ccc(S(=O)(=O)[O-])c5cc(S(=O)(=O)O)cc(S(=O)(=O)[O-])c45)ccc3C)c2)c1.[Na+].[Na+].[Na+].[Na+].[Na+].[Na+]. The van der Waals surface area contributed by atoms with E-state index in [1.807, 2.05) is 0 Å². The van der Waals surface area contributed by atoms with Gasteiger partial charge in [-0.15, -0.1) is 0 Å². The van der Waals surface area contributed by atoms with Crippen LogP contribution >= 0.6 is 0 Å². The number of fused-ring (bicyclic) bond motifs is 2. The zero-order valence-corrected chi connectivity index (χ0v) is 66.0. The Balaban J connectivity index is 0.00000480. The molecule has 8 aromatic rings. The van der Waals surface area contributed by atoms with E-state index >= 15 is 0 Å². The van der Waals surface area contributed by atoms with Gasteiger partial charge in [0.1, 0.15) is 50.6 Å². The summed E-state index contributed by atoms with van der Waals surface area (Å²) in [5.41, 5.74) is -0.785. The molecule has 8 rings (SSSR count). The van der Waals surface area contributed by atoms with Crippen LogP contribution < -0.4 is 209 Å². The first-order valence-electron chi connectivity index (χ1n) is 23.5. The summed E-state index contributed by atoms with van der Waals surface area (Å²) >= 11 is 0. The summed E-state index contributed by atoms with van der Waals surface area (Å²) in [5, 5.41) is 11.1. The molecule has 0 aliphatic carbocycles. The molecule has 0 aliphatic heterocycles. The summed E-state index contributed by atoms with van der Waals surface area (Å²) in [6.45, 7) is 3.08. The van der Waals surface area contributed by atoms with E-state index in [-0.39, 0.29) is 234 Å². The van der Waals surface area contributed by atoms with Crippen molar-refractivity contribution >= 4 is 146 Å². The van der Waals surface area contributed by atoms with Crippen molar-refractivity contribution in [1.29, 1.82) is 0 Å². The summed E-state index contributed by atoms with van der Waals surface area (Å²) in [4.78, 5) is 59.8. The first-order chi connectivity index (χ1) is 39.8. The predicted octanol–water partition coefficient (Wildman–Crippen LogP) is -12.9. The fourth-order valence-corrected chi connectivity index (χ4v) is 12.5. The van der Waals surface area contributed by atoms with Crippen molar-refractivity contribution in [3.05, 3.63) is 167 Å². The average molecular weight is 1430 g/mol. The quantitative estimate of drug-likeness (QED) is 0.0349. The topological polar surface area (TPSA) is 498 Å². The van der Waals surface area contributed by atoms with Crippen LogP contribution in [0.4, 0.5) is 38.9 Å². The first kappa shape index (κ1) is 85.0. The fourth-order valence-electron chi connectivity index (χ4n) is 8.46. The molecule has 41 heteroatoms. The molecular formula is C51H35N6Na6O23S6+. The number of carbonyl (C=O) groups is 5. The second-order valence-electron chi connectivity index (χ2n) is 18.3. The van der Waals surface area contributed by atoms with Crippen LogP contribution in [0.1, 0.15) is 52.6 Å². The molecule has 0 fully saturated rings. The summed E-state index contributed by atoms with van der Waals surface area (Å²) in [6.07, 6.45) is 0. The van der Waals surface area contributed by atoms with Crippen molar-refractivity contribution in [1.82, 2.24) is 0 Å². The largest absolute Gasteiger partial charge is 1.00 e. The fraction of sp³-hybridized carbons (Fsp3) is 0.0392. The van der Waals surface area contributed by atoms with Gasteiger partial charge in [-0.3, -0.25) is 23.7 Å². The Kier molecular flexibility index (Phi) is 30.4. The van der Waals surface area contributed by atoms with Crippen LogP contribution in [0.5, 0.6) is 0 Å². The number of carbonyl (C=O) groups excluding carboxylic acids is 5. The van der Waals surface area contributed by atoms with Gasteiger partial charge in [0, 0.05) is 66.5 Å². The molecule has 0 heterocycles. The van der Waals surface area contributed by atoms with Gasteiger partial charge in [0.15, 0.2) is 0 Å². The van der Waals surface area contributed by atoms with Crippen molar-refractivity contribution in [2.75, 3.05) is 31.9 Å². The smallest absolute Gasteiger partial charge is 0.744 e. The zero-order valence-electron chi connectivity index (χ0n) is 49.1. The van der Waals surface area contributed by atoms with Gasteiger partial charge < -0.3 is 54.7 Å². The molecule has 448 valence electrons. The van der Waals surface area contributed by atoms with Crippen molar-refractivity contribution in [2.24, 2.45) is 0 Å². The van der Waals surface area contributed by atoms with Crippen LogP contribution in [0.15, 0.2) is 163 Å². The van der Waals surface area contributed by atoms with Crippen LogP contribution in [-0.2, 0) is 60.7 Å². The second kappa shape index (κ2) is 33.0. The molecule has 0 bridgehead atoms. The van der Waals surface area contributed by atoms with Crippen molar-refractivity contribution < 1.29 is 279 Å². The van der Waals surface area contributed by atoms with E-state index in [0.29, 0.717) is 35.4 Å². The van der Waals surface area contributed by atoms with Crippen molar-refractivity contribution in [2.45, 2.75) is 43.2 Å². The van der Waals surface area contributed by atoms with Gasteiger partial charge in [0.25, 0.3) is 33.7 Å². The number of amides is 6. The molecule has 0 aromatic heterocycles. The third-order valence-corrected chi connectivity index (χ3v) is 17.6. The maximum absolute atomic E-state index is 13.7. The molecule has 8 aromatic carbocycles. The predicted molar refractivity (Wildman–Crippen MR) is 297 cm³/mol. The van der Waals surface area contributed by atoms with Gasteiger partial charge in [-0.1, -0.05) is 24.3 Å². The molecule has 29 nitrogen and oxygen atoms in total. The Morgan fingerprint density at radius 1 is 0.337 bits per heavy atom. The number of anilines is 6. The summed E-state index contributed by atoms with van der Waals surface area (Å²) in [7, 11) is -33.4. The van der Waals surface area contributed by atoms with E-state index in [1.54, 1.807) is 6.92 Å².